The molecule has 0 aromatic carbocycles. The average molecular weight is 368 g/mol. The van der Waals surface area contributed by atoms with Gasteiger partial charge >= 0.3 is 0 Å². The molecule has 0 unspecified atom stereocenters. The number of ether oxygens (including phenoxy) is 1. The lowest BCUT2D eigenvalue weighted by atomic mass is 9.96. The number of fused-ring (bicyclic) bond motifs is 1. The Bertz CT molecular complexity index is 940. The van der Waals surface area contributed by atoms with E-state index >= 15 is 0 Å². The standard InChI is InChI=1S/C18H24N8O/c1-18(2,3)16-22-21-13-5-6-14(23-26(13)16)24-9-11-25(12-10-24)17-19-8-7-15(20-17)27-4/h5-8H,9-12H2,1-4H3. The molecule has 9 heteroatoms. The zero-order chi connectivity index (χ0) is 19.0. The summed E-state index contributed by atoms with van der Waals surface area (Å²) in [5, 5.41) is 13.3. The summed E-state index contributed by atoms with van der Waals surface area (Å²) in [7, 11) is 1.61. The molecule has 9 nitrogen and oxygen atoms in total. The first-order valence-corrected chi connectivity index (χ1v) is 9.05. The van der Waals surface area contributed by atoms with Crippen LogP contribution in [0.15, 0.2) is 24.4 Å². The maximum absolute atomic E-state index is 5.20. The van der Waals surface area contributed by atoms with Gasteiger partial charge in [-0.15, -0.1) is 15.3 Å². The van der Waals surface area contributed by atoms with E-state index in [1.165, 1.54) is 0 Å². The summed E-state index contributed by atoms with van der Waals surface area (Å²) in [6.45, 7) is 9.67. The number of nitrogens with zero attached hydrogens (tertiary/aromatic N) is 8. The topological polar surface area (TPSA) is 84.6 Å². The van der Waals surface area contributed by atoms with Gasteiger partial charge in [0.1, 0.15) is 5.82 Å². The van der Waals surface area contributed by atoms with Crippen LogP contribution < -0.4 is 14.5 Å². The van der Waals surface area contributed by atoms with Gasteiger partial charge in [-0.2, -0.15) is 9.50 Å². The minimum atomic E-state index is -0.118. The van der Waals surface area contributed by atoms with Gasteiger partial charge in [-0.25, -0.2) is 4.98 Å². The number of rotatable bonds is 3. The number of methoxy groups -OCH3 is 1. The van der Waals surface area contributed by atoms with E-state index < -0.39 is 0 Å². The highest BCUT2D eigenvalue weighted by Crippen LogP contribution is 2.22. The van der Waals surface area contributed by atoms with Crippen molar-refractivity contribution in [1.29, 1.82) is 0 Å². The van der Waals surface area contributed by atoms with E-state index in [9.17, 15) is 0 Å². The van der Waals surface area contributed by atoms with E-state index in [1.807, 2.05) is 16.6 Å². The number of hydrogen-bond donors (Lipinski definition) is 0. The highest BCUT2D eigenvalue weighted by molar-refractivity contribution is 5.48. The Morgan fingerprint density at radius 2 is 1.70 bits per heavy atom. The molecule has 1 aliphatic heterocycles. The molecule has 0 aliphatic carbocycles. The fourth-order valence-corrected chi connectivity index (χ4v) is 3.15. The molecule has 4 rings (SSSR count). The zero-order valence-electron chi connectivity index (χ0n) is 16.1. The van der Waals surface area contributed by atoms with Crippen LogP contribution in [0, 0.1) is 0 Å². The lowest BCUT2D eigenvalue weighted by Crippen LogP contribution is -2.47. The normalized spacial score (nSPS) is 15.4. The van der Waals surface area contributed by atoms with Gasteiger partial charge in [-0.3, -0.25) is 0 Å². The Morgan fingerprint density at radius 3 is 2.41 bits per heavy atom. The van der Waals surface area contributed by atoms with E-state index in [1.54, 1.807) is 19.4 Å². The molecule has 4 heterocycles. The molecule has 0 spiro atoms. The van der Waals surface area contributed by atoms with Gasteiger partial charge in [0.05, 0.1) is 7.11 Å². The molecule has 3 aromatic heterocycles. The van der Waals surface area contributed by atoms with Crippen molar-refractivity contribution in [3.8, 4) is 5.88 Å². The van der Waals surface area contributed by atoms with Gasteiger partial charge in [-0.05, 0) is 12.1 Å². The summed E-state index contributed by atoms with van der Waals surface area (Å²) in [5.41, 5.74) is 0.653. The van der Waals surface area contributed by atoms with Gasteiger partial charge in [0.2, 0.25) is 11.8 Å². The first-order valence-electron chi connectivity index (χ1n) is 9.05. The van der Waals surface area contributed by atoms with E-state index in [0.717, 1.165) is 43.5 Å². The first kappa shape index (κ1) is 17.4. The molecule has 1 fully saturated rings. The zero-order valence-corrected chi connectivity index (χ0v) is 16.1. The summed E-state index contributed by atoms with van der Waals surface area (Å²) >= 11 is 0. The molecular formula is C18H24N8O. The van der Waals surface area contributed by atoms with Crippen molar-refractivity contribution in [2.45, 2.75) is 26.2 Å². The maximum atomic E-state index is 5.20. The molecule has 1 aliphatic rings. The third-order valence-electron chi connectivity index (χ3n) is 4.63. The Labute approximate surface area is 158 Å². The molecule has 27 heavy (non-hydrogen) atoms. The first-order chi connectivity index (χ1) is 13.0. The van der Waals surface area contributed by atoms with E-state index in [4.69, 9.17) is 9.84 Å². The van der Waals surface area contributed by atoms with Gasteiger partial charge < -0.3 is 14.5 Å². The molecule has 1 saturated heterocycles. The van der Waals surface area contributed by atoms with E-state index in [-0.39, 0.29) is 5.41 Å². The van der Waals surface area contributed by atoms with Crippen LogP contribution in [0.1, 0.15) is 26.6 Å². The van der Waals surface area contributed by atoms with Crippen molar-refractivity contribution in [3.05, 3.63) is 30.2 Å². The predicted molar refractivity (Wildman–Crippen MR) is 102 cm³/mol. The quantitative estimate of drug-likeness (QED) is 0.688. The molecule has 142 valence electrons. The minimum absolute atomic E-state index is 0.118. The van der Waals surface area contributed by atoms with Gasteiger partial charge in [0.15, 0.2) is 11.5 Å². The van der Waals surface area contributed by atoms with Crippen molar-refractivity contribution >= 4 is 17.4 Å². The van der Waals surface area contributed by atoms with E-state index in [0.29, 0.717) is 11.8 Å². The third-order valence-corrected chi connectivity index (χ3v) is 4.63. The Morgan fingerprint density at radius 1 is 0.963 bits per heavy atom. The predicted octanol–water partition coefficient (Wildman–Crippen LogP) is 1.55. The minimum Gasteiger partial charge on any atom is -0.481 e. The monoisotopic (exact) mass is 368 g/mol. The fourth-order valence-electron chi connectivity index (χ4n) is 3.15. The van der Waals surface area contributed by atoms with Crippen LogP contribution in [0.2, 0.25) is 0 Å². The van der Waals surface area contributed by atoms with Gasteiger partial charge in [-0.1, -0.05) is 20.8 Å². The molecule has 0 radical (unpaired) electrons. The second-order valence-electron chi connectivity index (χ2n) is 7.61. The van der Waals surface area contributed by atoms with Crippen LogP contribution in [0.3, 0.4) is 0 Å². The number of anilines is 2. The van der Waals surface area contributed by atoms with Crippen LogP contribution in [-0.4, -0.2) is 63.1 Å². The molecule has 0 amide bonds. The average Bonchev–Trinajstić information content (AvgIpc) is 3.12. The maximum Gasteiger partial charge on any atom is 0.228 e. The van der Waals surface area contributed by atoms with Crippen molar-refractivity contribution in [2.75, 3.05) is 43.1 Å². The molecular weight excluding hydrogens is 344 g/mol. The summed E-state index contributed by atoms with van der Waals surface area (Å²) in [6.07, 6.45) is 1.73. The molecule has 0 saturated carbocycles. The van der Waals surface area contributed by atoms with Crippen LogP contribution in [0.25, 0.3) is 5.65 Å². The lowest BCUT2D eigenvalue weighted by molar-refractivity contribution is 0.396. The molecule has 3 aromatic rings. The Balaban J connectivity index is 1.52. The number of aromatic nitrogens is 6. The van der Waals surface area contributed by atoms with Crippen LogP contribution >= 0.6 is 0 Å². The smallest absolute Gasteiger partial charge is 0.228 e. The lowest BCUT2D eigenvalue weighted by Gasteiger charge is -2.35. The highest BCUT2D eigenvalue weighted by Gasteiger charge is 2.24. The van der Waals surface area contributed by atoms with Crippen LogP contribution in [0.5, 0.6) is 5.88 Å². The second kappa shape index (κ2) is 6.64. The van der Waals surface area contributed by atoms with Crippen LogP contribution in [-0.2, 0) is 5.41 Å². The van der Waals surface area contributed by atoms with Crippen molar-refractivity contribution in [1.82, 2.24) is 29.8 Å². The SMILES string of the molecule is COc1ccnc(N2CCN(c3ccc4nnc(C(C)(C)C)n4n3)CC2)n1. The molecule has 0 atom stereocenters. The second-order valence-corrected chi connectivity index (χ2v) is 7.61. The molecule has 0 bridgehead atoms. The summed E-state index contributed by atoms with van der Waals surface area (Å²) in [5.74, 6) is 3.07. The van der Waals surface area contributed by atoms with Crippen molar-refractivity contribution in [3.63, 3.8) is 0 Å². The summed E-state index contributed by atoms with van der Waals surface area (Å²) in [6, 6.07) is 5.74. The molecule has 0 N–H and O–H groups in total. The van der Waals surface area contributed by atoms with Crippen molar-refractivity contribution < 1.29 is 4.74 Å². The Kier molecular flexibility index (Phi) is 4.29. The third kappa shape index (κ3) is 3.36. The largest absolute Gasteiger partial charge is 0.481 e. The summed E-state index contributed by atoms with van der Waals surface area (Å²) in [4.78, 5) is 13.2. The van der Waals surface area contributed by atoms with E-state index in [2.05, 4.69) is 50.7 Å². The van der Waals surface area contributed by atoms with Gasteiger partial charge in [0.25, 0.3) is 0 Å². The highest BCUT2D eigenvalue weighted by atomic mass is 16.5. The fraction of sp³-hybridized carbons (Fsp3) is 0.500. The summed E-state index contributed by atoms with van der Waals surface area (Å²) < 4.78 is 7.05. The number of piperazine rings is 1. The Hall–Kier alpha value is -2.97. The number of hydrogen-bond acceptors (Lipinski definition) is 8. The van der Waals surface area contributed by atoms with Gasteiger partial charge in [0, 0.05) is 43.9 Å². The van der Waals surface area contributed by atoms with Crippen molar-refractivity contribution in [2.24, 2.45) is 0 Å². The van der Waals surface area contributed by atoms with Crippen LogP contribution in [0.4, 0.5) is 11.8 Å².